The van der Waals surface area contributed by atoms with E-state index in [1.54, 1.807) is 0 Å². The maximum atomic E-state index is 6.24. The van der Waals surface area contributed by atoms with Gasteiger partial charge >= 0.3 is 0 Å². The van der Waals surface area contributed by atoms with Crippen LogP contribution in [0, 0.1) is 0 Å². The van der Waals surface area contributed by atoms with E-state index in [9.17, 15) is 0 Å². The minimum Gasteiger partial charge on any atom is -0.456 e. The lowest BCUT2D eigenvalue weighted by Crippen LogP contribution is -1.97. The first-order chi connectivity index (χ1) is 14.8. The predicted octanol–water partition coefficient (Wildman–Crippen LogP) is 8.71. The molecule has 0 amide bonds. The summed E-state index contributed by atoms with van der Waals surface area (Å²) in [4.78, 5) is 0. The van der Waals surface area contributed by atoms with Crippen molar-refractivity contribution in [3.8, 4) is 44.9 Å². The topological polar surface area (TPSA) is 9.23 Å². The fourth-order valence-corrected chi connectivity index (χ4v) is 4.53. The number of benzene rings is 5. The lowest BCUT2D eigenvalue weighted by Gasteiger charge is -2.22. The van der Waals surface area contributed by atoms with Crippen LogP contribution in [-0.2, 0) is 0 Å². The van der Waals surface area contributed by atoms with Crippen LogP contribution in [0.4, 0.5) is 0 Å². The lowest BCUT2D eigenvalue weighted by atomic mass is 9.91. The Morgan fingerprint density at radius 3 is 2.00 bits per heavy atom. The second-order valence-electron chi connectivity index (χ2n) is 7.56. The van der Waals surface area contributed by atoms with Gasteiger partial charge in [-0.2, -0.15) is 0 Å². The van der Waals surface area contributed by atoms with Crippen molar-refractivity contribution in [2.24, 2.45) is 0 Å². The Morgan fingerprint density at radius 1 is 0.500 bits per heavy atom. The molecule has 1 aliphatic rings. The second kappa shape index (κ2) is 6.86. The van der Waals surface area contributed by atoms with E-state index >= 15 is 0 Å². The van der Waals surface area contributed by atoms with Crippen molar-refractivity contribution >= 4 is 26.7 Å². The Morgan fingerprint density at radius 2 is 1.17 bits per heavy atom. The summed E-state index contributed by atoms with van der Waals surface area (Å²) in [6, 6.07) is 36.3. The van der Waals surface area contributed by atoms with Crippen LogP contribution in [0.3, 0.4) is 0 Å². The summed E-state index contributed by atoms with van der Waals surface area (Å²) in [5, 5.41) is 2.39. The van der Waals surface area contributed by atoms with Gasteiger partial charge in [0.05, 0.1) is 0 Å². The molecule has 0 aromatic heterocycles. The Labute approximate surface area is 183 Å². The van der Waals surface area contributed by atoms with E-state index in [1.807, 2.05) is 6.07 Å². The van der Waals surface area contributed by atoms with Crippen LogP contribution in [0.5, 0.6) is 11.5 Å². The van der Waals surface area contributed by atoms with Gasteiger partial charge < -0.3 is 4.74 Å². The smallest absolute Gasteiger partial charge is 0.135 e. The van der Waals surface area contributed by atoms with Crippen LogP contribution in [0.25, 0.3) is 44.2 Å². The van der Waals surface area contributed by atoms with E-state index < -0.39 is 0 Å². The second-order valence-corrected chi connectivity index (χ2v) is 8.48. The van der Waals surface area contributed by atoms with Crippen molar-refractivity contribution in [3.63, 3.8) is 0 Å². The molecule has 0 saturated carbocycles. The number of halogens is 1. The summed E-state index contributed by atoms with van der Waals surface area (Å²) < 4.78 is 7.33. The van der Waals surface area contributed by atoms with Crippen molar-refractivity contribution in [1.82, 2.24) is 0 Å². The molecule has 30 heavy (non-hydrogen) atoms. The van der Waals surface area contributed by atoms with Crippen LogP contribution in [0.2, 0.25) is 0 Å². The number of ether oxygens (including phenoxy) is 1. The average molecular weight is 449 g/mol. The molecule has 1 aliphatic heterocycles. The van der Waals surface area contributed by atoms with Crippen LogP contribution >= 0.6 is 15.9 Å². The zero-order valence-electron chi connectivity index (χ0n) is 16.1. The van der Waals surface area contributed by atoms with E-state index in [-0.39, 0.29) is 0 Å². The first kappa shape index (κ1) is 17.5. The van der Waals surface area contributed by atoms with Gasteiger partial charge in [0, 0.05) is 15.4 Å². The highest BCUT2D eigenvalue weighted by atomic mass is 79.9. The van der Waals surface area contributed by atoms with E-state index in [1.165, 1.54) is 38.6 Å². The maximum absolute atomic E-state index is 6.24. The van der Waals surface area contributed by atoms with Gasteiger partial charge in [-0.25, -0.2) is 0 Å². The molecule has 5 aromatic carbocycles. The molecule has 5 aromatic rings. The maximum Gasteiger partial charge on any atom is 0.135 e. The summed E-state index contributed by atoms with van der Waals surface area (Å²) in [5.41, 5.74) is 7.18. The Hall–Kier alpha value is -3.36. The van der Waals surface area contributed by atoms with Crippen molar-refractivity contribution < 1.29 is 4.74 Å². The standard InChI is InChI=1S/C28H17BrO/c29-23-13-10-18(11-14-23)20-6-1-7-21(16-20)22-12-15-26-25(17-22)24-8-2-4-19-5-3-9-27(30-26)28(19)24/h1-17H. The predicted molar refractivity (Wildman–Crippen MR) is 128 cm³/mol. The molecule has 0 fully saturated rings. The summed E-state index contributed by atoms with van der Waals surface area (Å²) in [6.07, 6.45) is 0. The van der Waals surface area contributed by atoms with Gasteiger partial charge in [-0.15, -0.1) is 0 Å². The summed E-state index contributed by atoms with van der Waals surface area (Å²) >= 11 is 3.52. The number of fused-ring (bicyclic) bond motifs is 2. The van der Waals surface area contributed by atoms with Crippen molar-refractivity contribution in [1.29, 1.82) is 0 Å². The molecular formula is C28H17BrO. The molecule has 0 bridgehead atoms. The Balaban J connectivity index is 1.49. The van der Waals surface area contributed by atoms with E-state index in [2.05, 4.69) is 113 Å². The SMILES string of the molecule is Brc1ccc(-c2cccc(-c3ccc4c(c3)-c3cccc5cccc(c35)O4)c2)cc1. The van der Waals surface area contributed by atoms with Crippen molar-refractivity contribution in [2.75, 3.05) is 0 Å². The molecule has 0 atom stereocenters. The van der Waals surface area contributed by atoms with Gasteiger partial charge in [-0.3, -0.25) is 0 Å². The van der Waals surface area contributed by atoms with Gasteiger partial charge in [-0.1, -0.05) is 82.7 Å². The highest BCUT2D eigenvalue weighted by molar-refractivity contribution is 9.10. The average Bonchev–Trinajstić information content (AvgIpc) is 2.80. The van der Waals surface area contributed by atoms with Gasteiger partial charge in [0.15, 0.2) is 0 Å². The zero-order valence-corrected chi connectivity index (χ0v) is 17.7. The van der Waals surface area contributed by atoms with Crippen LogP contribution in [-0.4, -0.2) is 0 Å². The third-order valence-electron chi connectivity index (χ3n) is 5.73. The van der Waals surface area contributed by atoms with Crippen LogP contribution in [0.1, 0.15) is 0 Å². The van der Waals surface area contributed by atoms with Crippen LogP contribution < -0.4 is 4.74 Å². The van der Waals surface area contributed by atoms with Gasteiger partial charge in [0.1, 0.15) is 11.5 Å². The quantitative estimate of drug-likeness (QED) is 0.257. The third kappa shape index (κ3) is 2.84. The molecule has 1 nitrogen and oxygen atoms in total. The highest BCUT2D eigenvalue weighted by Crippen LogP contribution is 2.47. The number of rotatable bonds is 2. The van der Waals surface area contributed by atoms with Gasteiger partial charge in [0.25, 0.3) is 0 Å². The van der Waals surface area contributed by atoms with E-state index in [4.69, 9.17) is 4.74 Å². The minimum absolute atomic E-state index is 0.911. The normalized spacial score (nSPS) is 11.8. The van der Waals surface area contributed by atoms with Crippen molar-refractivity contribution in [2.45, 2.75) is 0 Å². The van der Waals surface area contributed by atoms with Crippen molar-refractivity contribution in [3.05, 3.63) is 108 Å². The monoisotopic (exact) mass is 448 g/mol. The number of hydrogen-bond donors (Lipinski definition) is 0. The minimum atomic E-state index is 0.911. The largest absolute Gasteiger partial charge is 0.456 e. The molecule has 0 radical (unpaired) electrons. The summed E-state index contributed by atoms with van der Waals surface area (Å²) in [7, 11) is 0. The van der Waals surface area contributed by atoms with E-state index in [0.717, 1.165) is 21.5 Å². The van der Waals surface area contributed by atoms with Crippen LogP contribution in [0.15, 0.2) is 108 Å². The highest BCUT2D eigenvalue weighted by Gasteiger charge is 2.20. The first-order valence-electron chi connectivity index (χ1n) is 9.97. The molecule has 0 unspecified atom stereocenters. The lowest BCUT2D eigenvalue weighted by molar-refractivity contribution is 0.487. The molecule has 6 rings (SSSR count). The molecule has 0 aliphatic carbocycles. The molecule has 0 spiro atoms. The molecule has 0 saturated heterocycles. The summed E-state index contributed by atoms with van der Waals surface area (Å²) in [6.45, 7) is 0. The Bertz CT molecular complexity index is 1410. The molecular weight excluding hydrogens is 432 g/mol. The van der Waals surface area contributed by atoms with Gasteiger partial charge in [-0.05, 0) is 69.6 Å². The molecule has 0 N–H and O–H groups in total. The molecule has 1 heterocycles. The fourth-order valence-electron chi connectivity index (χ4n) is 4.26. The summed E-state index contributed by atoms with van der Waals surface area (Å²) in [5.74, 6) is 1.84. The fraction of sp³-hybridized carbons (Fsp3) is 0. The molecule has 142 valence electrons. The van der Waals surface area contributed by atoms with E-state index in [0.29, 0.717) is 0 Å². The Kier molecular flexibility index (Phi) is 4.00. The first-order valence-corrected chi connectivity index (χ1v) is 10.8. The van der Waals surface area contributed by atoms with Gasteiger partial charge in [0.2, 0.25) is 0 Å². The zero-order chi connectivity index (χ0) is 20.1. The molecule has 2 heteroatoms. The third-order valence-corrected chi connectivity index (χ3v) is 6.26. The number of hydrogen-bond acceptors (Lipinski definition) is 1.